The Morgan fingerprint density at radius 3 is 2.55 bits per heavy atom. The standard InChI is InChI=1S/C27H27F5O/c1-17-2-9-22(33-16-17)10-5-18-3-6-19(7-4-18)20-8-11-23-21(14-20)15-25(28)24(26(23)29)12-13-27(30,31)32/h6,8,11,14-15,17-18,22H,2-5,7,9-10,16H2,1H3. The van der Waals surface area contributed by atoms with E-state index >= 15 is 0 Å². The van der Waals surface area contributed by atoms with Gasteiger partial charge in [-0.2, -0.15) is 13.2 Å². The van der Waals surface area contributed by atoms with Crippen LogP contribution in [0.4, 0.5) is 22.0 Å². The van der Waals surface area contributed by atoms with Gasteiger partial charge in [-0.3, -0.25) is 0 Å². The fourth-order valence-corrected chi connectivity index (χ4v) is 4.78. The van der Waals surface area contributed by atoms with Crippen molar-refractivity contribution in [2.75, 3.05) is 6.61 Å². The molecule has 1 heterocycles. The molecular weight excluding hydrogens is 435 g/mol. The van der Waals surface area contributed by atoms with Crippen molar-refractivity contribution >= 4 is 16.3 Å². The molecule has 1 saturated heterocycles. The number of fused-ring (bicyclic) bond motifs is 1. The predicted octanol–water partition coefficient (Wildman–Crippen LogP) is 7.81. The van der Waals surface area contributed by atoms with Crippen LogP contribution in [0.25, 0.3) is 16.3 Å². The number of allylic oxidation sites excluding steroid dienone is 2. The van der Waals surface area contributed by atoms with Crippen molar-refractivity contribution in [3.8, 4) is 11.8 Å². The molecule has 1 aliphatic heterocycles. The molecule has 3 unspecified atom stereocenters. The van der Waals surface area contributed by atoms with Crippen LogP contribution in [0.2, 0.25) is 0 Å². The summed E-state index contributed by atoms with van der Waals surface area (Å²) >= 11 is 0. The monoisotopic (exact) mass is 462 g/mol. The van der Waals surface area contributed by atoms with Gasteiger partial charge in [-0.05, 0) is 85.4 Å². The fraction of sp³-hybridized carbons (Fsp3) is 0.481. The summed E-state index contributed by atoms with van der Waals surface area (Å²) in [6.45, 7) is 3.08. The lowest BCUT2D eigenvalue weighted by Gasteiger charge is -2.29. The molecule has 0 aromatic heterocycles. The van der Waals surface area contributed by atoms with E-state index in [4.69, 9.17) is 4.74 Å². The SMILES string of the molecule is CC1CCC(CCC2CC=C(c3ccc4c(F)c(C#CC(F)(F)F)c(F)cc4c3)CC2)OC1. The average Bonchev–Trinajstić information content (AvgIpc) is 2.78. The van der Waals surface area contributed by atoms with Gasteiger partial charge in [0.25, 0.3) is 0 Å². The van der Waals surface area contributed by atoms with E-state index in [1.807, 2.05) is 0 Å². The second kappa shape index (κ2) is 9.85. The Morgan fingerprint density at radius 2 is 1.88 bits per heavy atom. The molecule has 1 nitrogen and oxygen atoms in total. The molecule has 1 aliphatic carbocycles. The fourth-order valence-electron chi connectivity index (χ4n) is 4.78. The molecule has 6 heteroatoms. The van der Waals surface area contributed by atoms with E-state index in [0.717, 1.165) is 68.3 Å². The lowest BCUT2D eigenvalue weighted by Crippen LogP contribution is -2.25. The molecule has 33 heavy (non-hydrogen) atoms. The first-order valence-corrected chi connectivity index (χ1v) is 11.5. The number of hydrogen-bond donors (Lipinski definition) is 0. The average molecular weight is 463 g/mol. The van der Waals surface area contributed by atoms with E-state index in [1.165, 1.54) is 12.5 Å². The van der Waals surface area contributed by atoms with Crippen LogP contribution in [0, 0.1) is 35.3 Å². The third-order valence-corrected chi connectivity index (χ3v) is 6.74. The number of benzene rings is 2. The second-order valence-electron chi connectivity index (χ2n) is 9.32. The van der Waals surface area contributed by atoms with Crippen LogP contribution in [-0.4, -0.2) is 18.9 Å². The molecular formula is C27H27F5O. The maximum atomic E-state index is 14.7. The molecule has 2 aliphatic rings. The molecule has 3 atom stereocenters. The molecule has 0 saturated carbocycles. The summed E-state index contributed by atoms with van der Waals surface area (Å²) in [5, 5.41) is 0.370. The molecule has 0 spiro atoms. The Labute approximate surface area is 191 Å². The number of alkyl halides is 3. The van der Waals surface area contributed by atoms with E-state index in [1.54, 1.807) is 18.1 Å². The van der Waals surface area contributed by atoms with Crippen LogP contribution in [0.15, 0.2) is 30.3 Å². The smallest absolute Gasteiger partial charge is 0.378 e. The summed E-state index contributed by atoms with van der Waals surface area (Å²) in [5.41, 5.74) is 1.17. The number of rotatable bonds is 4. The molecule has 1 fully saturated rings. The van der Waals surface area contributed by atoms with Gasteiger partial charge in [0.2, 0.25) is 0 Å². The summed E-state index contributed by atoms with van der Waals surface area (Å²) in [7, 11) is 0. The minimum Gasteiger partial charge on any atom is -0.378 e. The van der Waals surface area contributed by atoms with Crippen molar-refractivity contribution in [1.82, 2.24) is 0 Å². The van der Waals surface area contributed by atoms with Crippen LogP contribution in [0.3, 0.4) is 0 Å². The highest BCUT2D eigenvalue weighted by Crippen LogP contribution is 2.35. The molecule has 2 aromatic carbocycles. The van der Waals surface area contributed by atoms with Gasteiger partial charge in [-0.1, -0.05) is 31.1 Å². The first-order chi connectivity index (χ1) is 15.7. The molecule has 0 N–H and O–H groups in total. The Hall–Kier alpha value is -2.39. The van der Waals surface area contributed by atoms with Crippen molar-refractivity contribution in [3.05, 3.63) is 53.1 Å². The zero-order chi connectivity index (χ0) is 23.6. The molecule has 176 valence electrons. The molecule has 0 radical (unpaired) electrons. The van der Waals surface area contributed by atoms with Gasteiger partial charge >= 0.3 is 6.18 Å². The summed E-state index contributed by atoms with van der Waals surface area (Å²) in [6, 6.07) is 5.99. The van der Waals surface area contributed by atoms with Gasteiger partial charge in [-0.25, -0.2) is 8.78 Å². The van der Waals surface area contributed by atoms with Gasteiger partial charge in [0, 0.05) is 17.9 Å². The minimum absolute atomic E-state index is 0.0581. The maximum Gasteiger partial charge on any atom is 0.458 e. The lowest BCUT2D eigenvalue weighted by molar-refractivity contribution is -0.0696. The second-order valence-corrected chi connectivity index (χ2v) is 9.32. The molecule has 2 aromatic rings. The van der Waals surface area contributed by atoms with Crippen LogP contribution >= 0.6 is 0 Å². The zero-order valence-electron chi connectivity index (χ0n) is 18.6. The van der Waals surface area contributed by atoms with Crippen LogP contribution in [0.1, 0.15) is 63.0 Å². The van der Waals surface area contributed by atoms with E-state index < -0.39 is 23.4 Å². The van der Waals surface area contributed by atoms with E-state index in [2.05, 4.69) is 13.0 Å². The normalized spacial score (nSPS) is 23.7. The van der Waals surface area contributed by atoms with E-state index in [-0.39, 0.29) is 5.39 Å². The third kappa shape index (κ3) is 5.95. The third-order valence-electron chi connectivity index (χ3n) is 6.74. The number of halogens is 5. The summed E-state index contributed by atoms with van der Waals surface area (Å²) in [5.74, 6) is 1.64. The van der Waals surface area contributed by atoms with Crippen molar-refractivity contribution in [3.63, 3.8) is 0 Å². The predicted molar refractivity (Wildman–Crippen MR) is 119 cm³/mol. The van der Waals surface area contributed by atoms with Crippen LogP contribution < -0.4 is 0 Å². The van der Waals surface area contributed by atoms with Gasteiger partial charge in [0.1, 0.15) is 11.6 Å². The largest absolute Gasteiger partial charge is 0.458 e. The van der Waals surface area contributed by atoms with Gasteiger partial charge in [-0.15, -0.1) is 0 Å². The topological polar surface area (TPSA) is 9.23 Å². The van der Waals surface area contributed by atoms with Crippen molar-refractivity contribution < 1.29 is 26.7 Å². The molecule has 4 rings (SSSR count). The van der Waals surface area contributed by atoms with Gasteiger partial charge in [0.05, 0.1) is 11.7 Å². The Kier molecular flexibility index (Phi) is 7.09. The minimum atomic E-state index is -4.81. The summed E-state index contributed by atoms with van der Waals surface area (Å²) in [6.07, 6.45) is 5.28. The van der Waals surface area contributed by atoms with Crippen molar-refractivity contribution in [2.24, 2.45) is 11.8 Å². The maximum absolute atomic E-state index is 14.7. The number of hydrogen-bond acceptors (Lipinski definition) is 1. The molecule has 0 bridgehead atoms. The summed E-state index contributed by atoms with van der Waals surface area (Å²) in [4.78, 5) is 0. The highest BCUT2D eigenvalue weighted by atomic mass is 19.4. The highest BCUT2D eigenvalue weighted by Gasteiger charge is 2.24. The van der Waals surface area contributed by atoms with E-state index in [0.29, 0.717) is 23.3 Å². The number of ether oxygens (including phenoxy) is 1. The lowest BCUT2D eigenvalue weighted by atomic mass is 9.83. The molecule has 0 amide bonds. The first kappa shape index (κ1) is 23.8. The Morgan fingerprint density at radius 1 is 1.06 bits per heavy atom. The Balaban J connectivity index is 1.45. The van der Waals surface area contributed by atoms with Crippen molar-refractivity contribution in [1.29, 1.82) is 0 Å². The van der Waals surface area contributed by atoms with E-state index in [9.17, 15) is 22.0 Å². The zero-order valence-corrected chi connectivity index (χ0v) is 18.6. The first-order valence-electron chi connectivity index (χ1n) is 11.5. The highest BCUT2D eigenvalue weighted by molar-refractivity contribution is 5.88. The Bertz CT molecular complexity index is 1100. The van der Waals surface area contributed by atoms with Crippen LogP contribution in [-0.2, 0) is 4.74 Å². The van der Waals surface area contributed by atoms with Crippen molar-refractivity contribution in [2.45, 2.75) is 64.1 Å². The van der Waals surface area contributed by atoms with Gasteiger partial charge in [0.15, 0.2) is 0 Å². The van der Waals surface area contributed by atoms with Crippen LogP contribution in [0.5, 0.6) is 0 Å². The quantitative estimate of drug-likeness (QED) is 0.333. The summed E-state index contributed by atoms with van der Waals surface area (Å²) < 4.78 is 71.9. The van der Waals surface area contributed by atoms with Gasteiger partial charge < -0.3 is 4.74 Å².